The second-order valence-corrected chi connectivity index (χ2v) is 10.1. The summed E-state index contributed by atoms with van der Waals surface area (Å²) < 4.78 is 41.8. The average Bonchev–Trinajstić information content (AvgIpc) is 3.24. The maximum atomic E-state index is 13.3. The van der Waals surface area contributed by atoms with E-state index in [0.29, 0.717) is 31.5 Å². The highest BCUT2D eigenvalue weighted by Crippen LogP contribution is 2.36. The molecule has 2 aromatic rings. The van der Waals surface area contributed by atoms with Crippen molar-refractivity contribution in [1.29, 1.82) is 0 Å². The number of hydrogen-bond acceptors (Lipinski definition) is 5. The fourth-order valence-corrected chi connectivity index (χ4v) is 4.76. The highest BCUT2D eigenvalue weighted by atomic mass is 19.4. The molecule has 0 spiro atoms. The molecule has 35 heavy (non-hydrogen) atoms. The molecule has 2 aromatic carbocycles. The molecule has 1 amide bonds. The Kier molecular flexibility index (Phi) is 7.02. The zero-order valence-electron chi connectivity index (χ0n) is 20.4. The molecular weight excluding hydrogens is 459 g/mol. The van der Waals surface area contributed by atoms with Gasteiger partial charge in [-0.3, -0.25) is 9.69 Å². The molecule has 1 N–H and O–H groups in total. The standard InChI is InChI=1S/C26H32F3N3O3/c1-25(2,10-9-18-7-8-22(33)23(15-18)35-26(27,28)29)32-16-19-5-4-6-20(21(19)17-32)24(34)31-13-11-30(3)12-14-31/h4-8,15,33H,9-14,16-17H2,1-3H3. The zero-order chi connectivity index (χ0) is 25.4. The molecule has 1 fully saturated rings. The monoisotopic (exact) mass is 491 g/mol. The van der Waals surface area contributed by atoms with Gasteiger partial charge in [-0.1, -0.05) is 18.2 Å². The number of aromatic hydroxyl groups is 1. The number of carbonyl (C=O) groups is 1. The van der Waals surface area contributed by atoms with Crippen LogP contribution in [0.3, 0.4) is 0 Å². The summed E-state index contributed by atoms with van der Waals surface area (Å²) in [7, 11) is 2.06. The number of benzene rings is 2. The van der Waals surface area contributed by atoms with Crippen molar-refractivity contribution in [1.82, 2.24) is 14.7 Å². The van der Waals surface area contributed by atoms with E-state index in [2.05, 4.69) is 41.5 Å². The van der Waals surface area contributed by atoms with Crippen LogP contribution in [0.4, 0.5) is 13.2 Å². The summed E-state index contributed by atoms with van der Waals surface area (Å²) in [5, 5.41) is 9.71. The van der Waals surface area contributed by atoms with Gasteiger partial charge >= 0.3 is 6.36 Å². The van der Waals surface area contributed by atoms with Crippen LogP contribution in [0.25, 0.3) is 0 Å². The van der Waals surface area contributed by atoms with Crippen LogP contribution in [0.5, 0.6) is 11.5 Å². The van der Waals surface area contributed by atoms with E-state index in [1.807, 2.05) is 17.0 Å². The molecule has 6 nitrogen and oxygen atoms in total. The fourth-order valence-electron chi connectivity index (χ4n) is 4.76. The molecule has 0 aliphatic carbocycles. The van der Waals surface area contributed by atoms with Crippen LogP contribution in [0, 0.1) is 0 Å². The summed E-state index contributed by atoms with van der Waals surface area (Å²) in [6.45, 7) is 8.75. The molecule has 0 radical (unpaired) electrons. The first-order valence-electron chi connectivity index (χ1n) is 11.8. The Morgan fingerprint density at radius 2 is 1.77 bits per heavy atom. The van der Waals surface area contributed by atoms with Gasteiger partial charge in [0.1, 0.15) is 0 Å². The number of nitrogens with zero attached hydrogens (tertiary/aromatic N) is 3. The number of halogens is 3. The zero-order valence-corrected chi connectivity index (χ0v) is 20.4. The number of phenolic OH excluding ortho intramolecular Hbond substituents is 1. The number of hydrogen-bond donors (Lipinski definition) is 1. The molecule has 0 atom stereocenters. The van der Waals surface area contributed by atoms with E-state index in [-0.39, 0.29) is 11.4 Å². The van der Waals surface area contributed by atoms with E-state index < -0.39 is 17.9 Å². The Bertz CT molecular complexity index is 1080. The molecule has 0 bridgehead atoms. The van der Waals surface area contributed by atoms with E-state index in [9.17, 15) is 23.1 Å². The van der Waals surface area contributed by atoms with Gasteiger partial charge in [0.15, 0.2) is 11.5 Å². The first-order chi connectivity index (χ1) is 16.4. The van der Waals surface area contributed by atoms with E-state index in [0.717, 1.165) is 42.9 Å². The van der Waals surface area contributed by atoms with Gasteiger partial charge in [-0.15, -0.1) is 13.2 Å². The SMILES string of the molecule is CN1CCN(C(=O)c2cccc3c2CN(C(C)(C)CCc2ccc(O)c(OC(F)(F)F)c2)C3)CC1. The maximum absolute atomic E-state index is 13.3. The molecule has 2 heterocycles. The molecule has 2 aliphatic rings. The second-order valence-electron chi connectivity index (χ2n) is 10.1. The minimum atomic E-state index is -4.87. The maximum Gasteiger partial charge on any atom is 0.573 e. The van der Waals surface area contributed by atoms with Crippen LogP contribution in [0.15, 0.2) is 36.4 Å². The van der Waals surface area contributed by atoms with Crippen molar-refractivity contribution in [2.24, 2.45) is 0 Å². The Morgan fingerprint density at radius 1 is 1.06 bits per heavy atom. The van der Waals surface area contributed by atoms with Crippen molar-refractivity contribution < 1.29 is 27.8 Å². The van der Waals surface area contributed by atoms with Gasteiger partial charge in [0, 0.05) is 50.4 Å². The lowest BCUT2D eigenvalue weighted by Crippen LogP contribution is -2.47. The number of aryl methyl sites for hydroxylation is 1. The number of ether oxygens (including phenoxy) is 1. The molecule has 2 aliphatic heterocycles. The van der Waals surface area contributed by atoms with Crippen LogP contribution in [0.1, 0.15) is 47.3 Å². The Balaban J connectivity index is 1.43. The Labute approximate surface area is 203 Å². The minimum Gasteiger partial charge on any atom is -0.504 e. The van der Waals surface area contributed by atoms with Gasteiger partial charge < -0.3 is 19.6 Å². The van der Waals surface area contributed by atoms with Crippen molar-refractivity contribution >= 4 is 5.91 Å². The third kappa shape index (κ3) is 5.90. The van der Waals surface area contributed by atoms with Crippen LogP contribution in [-0.2, 0) is 19.5 Å². The molecule has 0 aromatic heterocycles. The molecule has 190 valence electrons. The topological polar surface area (TPSA) is 56.2 Å². The molecule has 9 heteroatoms. The lowest BCUT2D eigenvalue weighted by Gasteiger charge is -2.36. The summed E-state index contributed by atoms with van der Waals surface area (Å²) in [6.07, 6.45) is -3.67. The molecule has 0 unspecified atom stereocenters. The first kappa shape index (κ1) is 25.3. The van der Waals surface area contributed by atoms with Crippen LogP contribution < -0.4 is 4.74 Å². The van der Waals surface area contributed by atoms with Crippen LogP contribution >= 0.6 is 0 Å². The number of amides is 1. The normalized spacial score (nSPS) is 17.5. The Hall–Kier alpha value is -2.78. The van der Waals surface area contributed by atoms with Crippen molar-refractivity contribution in [2.45, 2.75) is 51.7 Å². The fraction of sp³-hybridized carbons (Fsp3) is 0.500. The van der Waals surface area contributed by atoms with Gasteiger partial charge in [-0.25, -0.2) is 0 Å². The highest BCUT2D eigenvalue weighted by Gasteiger charge is 2.35. The number of phenols is 1. The van der Waals surface area contributed by atoms with E-state index in [1.165, 1.54) is 12.1 Å². The smallest absolute Gasteiger partial charge is 0.504 e. The summed E-state index contributed by atoms with van der Waals surface area (Å²) in [6, 6.07) is 9.99. The quantitative estimate of drug-likeness (QED) is 0.649. The molecule has 0 saturated carbocycles. The number of alkyl halides is 3. The van der Waals surface area contributed by atoms with Gasteiger partial charge in [-0.2, -0.15) is 0 Å². The van der Waals surface area contributed by atoms with Crippen molar-refractivity contribution in [3.05, 3.63) is 58.7 Å². The molecule has 4 rings (SSSR count). The largest absolute Gasteiger partial charge is 0.573 e. The van der Waals surface area contributed by atoms with E-state index in [1.54, 1.807) is 6.07 Å². The predicted molar refractivity (Wildman–Crippen MR) is 126 cm³/mol. The minimum absolute atomic E-state index is 0.0795. The number of carbonyl (C=O) groups excluding carboxylic acids is 1. The summed E-state index contributed by atoms with van der Waals surface area (Å²) in [5.74, 6) is -1.05. The highest BCUT2D eigenvalue weighted by molar-refractivity contribution is 5.96. The third-order valence-corrected chi connectivity index (χ3v) is 7.14. The molecular formula is C26H32F3N3O3. The number of rotatable bonds is 6. The average molecular weight is 492 g/mol. The summed E-state index contributed by atoms with van der Waals surface area (Å²) in [4.78, 5) is 19.7. The molecule has 1 saturated heterocycles. The number of likely N-dealkylation sites (N-methyl/N-ethyl adjacent to an activating group) is 1. The summed E-state index contributed by atoms with van der Waals surface area (Å²) in [5.41, 5.74) is 3.35. The van der Waals surface area contributed by atoms with Crippen molar-refractivity contribution in [3.63, 3.8) is 0 Å². The second kappa shape index (κ2) is 9.70. The number of piperazine rings is 1. The summed E-state index contributed by atoms with van der Waals surface area (Å²) >= 11 is 0. The lowest BCUT2D eigenvalue weighted by atomic mass is 9.93. The lowest BCUT2D eigenvalue weighted by molar-refractivity contribution is -0.275. The number of fused-ring (bicyclic) bond motifs is 1. The van der Waals surface area contributed by atoms with E-state index >= 15 is 0 Å². The van der Waals surface area contributed by atoms with Gasteiger partial charge in [-0.05, 0) is 68.6 Å². The van der Waals surface area contributed by atoms with Crippen molar-refractivity contribution in [2.75, 3.05) is 33.2 Å². The Morgan fingerprint density at radius 3 is 2.46 bits per heavy atom. The third-order valence-electron chi connectivity index (χ3n) is 7.14. The predicted octanol–water partition coefficient (Wildman–Crippen LogP) is 4.41. The van der Waals surface area contributed by atoms with Gasteiger partial charge in [0.05, 0.1) is 0 Å². The van der Waals surface area contributed by atoms with Crippen molar-refractivity contribution in [3.8, 4) is 11.5 Å². The van der Waals surface area contributed by atoms with Gasteiger partial charge in [0.25, 0.3) is 5.91 Å². The van der Waals surface area contributed by atoms with Gasteiger partial charge in [0.2, 0.25) is 0 Å². The van der Waals surface area contributed by atoms with E-state index in [4.69, 9.17) is 0 Å². The van der Waals surface area contributed by atoms with Crippen LogP contribution in [-0.4, -0.2) is 70.8 Å². The first-order valence-corrected chi connectivity index (χ1v) is 11.8. The van der Waals surface area contributed by atoms with Crippen LogP contribution in [0.2, 0.25) is 0 Å².